The van der Waals surface area contributed by atoms with Gasteiger partial charge in [0.15, 0.2) is 0 Å². The summed E-state index contributed by atoms with van der Waals surface area (Å²) in [6.45, 7) is 1.82. The second-order valence-electron chi connectivity index (χ2n) is 7.37. The molecule has 5 nitrogen and oxygen atoms in total. The number of aryl methyl sites for hydroxylation is 1. The second-order valence-corrected chi connectivity index (χ2v) is 7.37. The van der Waals surface area contributed by atoms with Gasteiger partial charge in [0, 0.05) is 11.3 Å². The highest BCUT2D eigenvalue weighted by molar-refractivity contribution is 6.09. The van der Waals surface area contributed by atoms with E-state index in [0.29, 0.717) is 17.7 Å². The van der Waals surface area contributed by atoms with Crippen LogP contribution in [0.1, 0.15) is 27.0 Å². The first-order valence-electron chi connectivity index (χ1n) is 9.98. The second kappa shape index (κ2) is 8.71. The van der Waals surface area contributed by atoms with E-state index in [-0.39, 0.29) is 5.75 Å². The number of carbonyl (C=O) groups excluding carboxylic acids is 2. The Bertz CT molecular complexity index is 1270. The minimum absolute atomic E-state index is 0.207. The number of rotatable bonds is 4. The van der Waals surface area contributed by atoms with Gasteiger partial charge in [0.1, 0.15) is 5.75 Å². The van der Waals surface area contributed by atoms with Crippen molar-refractivity contribution in [3.05, 3.63) is 107 Å². The first kappa shape index (κ1) is 20.2. The van der Waals surface area contributed by atoms with E-state index in [1.807, 2.05) is 61.5 Å². The van der Waals surface area contributed by atoms with Crippen molar-refractivity contribution in [2.45, 2.75) is 13.3 Å². The molecule has 4 rings (SSSR count). The van der Waals surface area contributed by atoms with Crippen LogP contribution in [0.2, 0.25) is 0 Å². The summed E-state index contributed by atoms with van der Waals surface area (Å²) < 4.78 is 0. The van der Waals surface area contributed by atoms with Crippen LogP contribution in [0.25, 0.3) is 10.8 Å². The number of phenolic OH excluding ortho intramolecular Hbond substituents is 1. The summed E-state index contributed by atoms with van der Waals surface area (Å²) in [6.07, 6.45) is 0.669. The maximum absolute atomic E-state index is 12.6. The molecule has 3 amide bonds. The molecule has 0 bridgehead atoms. The van der Waals surface area contributed by atoms with Gasteiger partial charge in [-0.3, -0.25) is 10.1 Å². The molecule has 4 aromatic rings. The summed E-state index contributed by atoms with van der Waals surface area (Å²) in [6, 6.07) is 25.4. The van der Waals surface area contributed by atoms with Gasteiger partial charge >= 0.3 is 6.03 Å². The number of anilines is 1. The van der Waals surface area contributed by atoms with Crippen LogP contribution in [0.5, 0.6) is 5.75 Å². The standard InChI is InChI=1S/C26H22N2O3/c1-17-22-13-11-21(16-19(22)12-14-24(17)29)25(30)28-26(31)27-23-10-6-5-9-20(23)15-18-7-3-2-4-8-18/h2-14,16,29H,15H2,1H3,(H2,27,28,30,31). The number of amides is 3. The molecule has 0 fully saturated rings. The molecule has 0 spiro atoms. The Morgan fingerprint density at radius 2 is 1.61 bits per heavy atom. The van der Waals surface area contributed by atoms with Crippen LogP contribution in [0.15, 0.2) is 84.9 Å². The number of carbonyl (C=O) groups is 2. The highest BCUT2D eigenvalue weighted by atomic mass is 16.3. The Balaban J connectivity index is 1.47. The molecule has 3 N–H and O–H groups in total. The van der Waals surface area contributed by atoms with E-state index >= 15 is 0 Å². The number of hydrogen-bond acceptors (Lipinski definition) is 3. The van der Waals surface area contributed by atoms with E-state index in [0.717, 1.165) is 27.5 Å². The molecule has 31 heavy (non-hydrogen) atoms. The molecule has 0 radical (unpaired) electrons. The van der Waals surface area contributed by atoms with E-state index in [4.69, 9.17) is 0 Å². The maximum Gasteiger partial charge on any atom is 0.326 e. The van der Waals surface area contributed by atoms with Gasteiger partial charge in [0.2, 0.25) is 0 Å². The van der Waals surface area contributed by atoms with Crippen molar-refractivity contribution in [3.63, 3.8) is 0 Å². The molecule has 0 unspecified atom stereocenters. The molecule has 0 saturated carbocycles. The zero-order chi connectivity index (χ0) is 21.8. The predicted octanol–water partition coefficient (Wildman–Crippen LogP) is 5.41. The lowest BCUT2D eigenvalue weighted by Crippen LogP contribution is -2.34. The predicted molar refractivity (Wildman–Crippen MR) is 123 cm³/mol. The average molecular weight is 410 g/mol. The van der Waals surface area contributed by atoms with Crippen LogP contribution in [-0.2, 0) is 6.42 Å². The fourth-order valence-corrected chi connectivity index (χ4v) is 3.56. The molecule has 0 aromatic heterocycles. The maximum atomic E-state index is 12.6. The lowest BCUT2D eigenvalue weighted by atomic mass is 10.0. The zero-order valence-electron chi connectivity index (χ0n) is 17.1. The fourth-order valence-electron chi connectivity index (χ4n) is 3.56. The van der Waals surface area contributed by atoms with Crippen LogP contribution >= 0.6 is 0 Å². The van der Waals surface area contributed by atoms with Gasteiger partial charge in [0.05, 0.1) is 0 Å². The summed E-state index contributed by atoms with van der Waals surface area (Å²) in [7, 11) is 0. The van der Waals surface area contributed by atoms with Crippen molar-refractivity contribution in [1.82, 2.24) is 5.32 Å². The van der Waals surface area contributed by atoms with Crippen LogP contribution in [0.4, 0.5) is 10.5 Å². The Morgan fingerprint density at radius 3 is 2.42 bits per heavy atom. The molecule has 0 heterocycles. The van der Waals surface area contributed by atoms with Crippen LogP contribution in [0, 0.1) is 6.92 Å². The van der Waals surface area contributed by atoms with E-state index < -0.39 is 11.9 Å². The lowest BCUT2D eigenvalue weighted by Gasteiger charge is -2.12. The quantitative estimate of drug-likeness (QED) is 0.421. The van der Waals surface area contributed by atoms with Crippen molar-refractivity contribution >= 4 is 28.4 Å². The lowest BCUT2D eigenvalue weighted by molar-refractivity contribution is 0.0967. The van der Waals surface area contributed by atoms with Gasteiger partial charge in [-0.25, -0.2) is 4.79 Å². The molecule has 0 saturated heterocycles. The summed E-state index contributed by atoms with van der Waals surface area (Å²) >= 11 is 0. The highest BCUT2D eigenvalue weighted by Gasteiger charge is 2.13. The zero-order valence-corrected chi connectivity index (χ0v) is 17.1. The van der Waals surface area contributed by atoms with Crippen LogP contribution in [0.3, 0.4) is 0 Å². The van der Waals surface area contributed by atoms with Crippen LogP contribution < -0.4 is 10.6 Å². The van der Waals surface area contributed by atoms with Gasteiger partial charge in [-0.05, 0) is 65.1 Å². The Hall–Kier alpha value is -4.12. The number of benzene rings is 4. The van der Waals surface area contributed by atoms with Crippen molar-refractivity contribution in [1.29, 1.82) is 0 Å². The smallest absolute Gasteiger partial charge is 0.326 e. The van der Waals surface area contributed by atoms with E-state index in [1.54, 1.807) is 30.3 Å². The largest absolute Gasteiger partial charge is 0.508 e. The van der Waals surface area contributed by atoms with Gasteiger partial charge in [-0.1, -0.05) is 60.7 Å². The third kappa shape index (κ3) is 4.56. The molecule has 154 valence electrons. The Kier molecular flexibility index (Phi) is 5.67. The minimum atomic E-state index is -0.590. The summed E-state index contributed by atoms with van der Waals surface area (Å²) in [5, 5.41) is 16.7. The van der Waals surface area contributed by atoms with E-state index in [2.05, 4.69) is 10.6 Å². The molecule has 5 heteroatoms. The van der Waals surface area contributed by atoms with Crippen molar-refractivity contribution in [3.8, 4) is 5.75 Å². The number of para-hydroxylation sites is 1. The number of urea groups is 1. The average Bonchev–Trinajstić information content (AvgIpc) is 2.78. The Morgan fingerprint density at radius 1 is 0.871 bits per heavy atom. The number of phenols is 1. The minimum Gasteiger partial charge on any atom is -0.508 e. The van der Waals surface area contributed by atoms with Crippen LogP contribution in [-0.4, -0.2) is 17.0 Å². The number of hydrogen-bond donors (Lipinski definition) is 3. The van der Waals surface area contributed by atoms with Crippen molar-refractivity contribution < 1.29 is 14.7 Å². The normalized spacial score (nSPS) is 10.6. The third-order valence-electron chi connectivity index (χ3n) is 5.25. The fraction of sp³-hybridized carbons (Fsp3) is 0.0769. The monoisotopic (exact) mass is 410 g/mol. The Labute approximate surface area is 180 Å². The number of imide groups is 1. The SMILES string of the molecule is Cc1c(O)ccc2cc(C(=O)NC(=O)Nc3ccccc3Cc3ccccc3)ccc12. The van der Waals surface area contributed by atoms with Gasteiger partial charge in [0.25, 0.3) is 5.91 Å². The summed E-state index contributed by atoms with van der Waals surface area (Å²) in [4.78, 5) is 25.1. The third-order valence-corrected chi connectivity index (χ3v) is 5.25. The topological polar surface area (TPSA) is 78.4 Å². The van der Waals surface area contributed by atoms with E-state index in [1.165, 1.54) is 0 Å². The number of aromatic hydroxyl groups is 1. The molecular formula is C26H22N2O3. The first-order valence-corrected chi connectivity index (χ1v) is 9.98. The van der Waals surface area contributed by atoms with Gasteiger partial charge < -0.3 is 10.4 Å². The molecule has 0 aliphatic carbocycles. The van der Waals surface area contributed by atoms with Gasteiger partial charge in [-0.2, -0.15) is 0 Å². The summed E-state index contributed by atoms with van der Waals surface area (Å²) in [5.74, 6) is -0.288. The molecule has 0 atom stereocenters. The van der Waals surface area contributed by atoms with Crippen molar-refractivity contribution in [2.75, 3.05) is 5.32 Å². The van der Waals surface area contributed by atoms with Gasteiger partial charge in [-0.15, -0.1) is 0 Å². The summed E-state index contributed by atoms with van der Waals surface area (Å²) in [5.41, 5.74) is 3.85. The highest BCUT2D eigenvalue weighted by Crippen LogP contribution is 2.27. The molecule has 0 aliphatic rings. The van der Waals surface area contributed by atoms with Crippen molar-refractivity contribution in [2.24, 2.45) is 0 Å². The molecule has 4 aromatic carbocycles. The first-order chi connectivity index (χ1) is 15.0. The van der Waals surface area contributed by atoms with E-state index in [9.17, 15) is 14.7 Å². The molecular weight excluding hydrogens is 388 g/mol. The number of fused-ring (bicyclic) bond motifs is 1. The number of nitrogens with one attached hydrogen (secondary N) is 2. The molecule has 0 aliphatic heterocycles.